The molecule has 3 N–H and O–H groups in total. The molecule has 0 saturated carbocycles. The van der Waals surface area contributed by atoms with Crippen molar-refractivity contribution >= 4 is 27.5 Å². The number of halogens is 2. The monoisotopic (exact) mass is 326 g/mol. The molecule has 0 spiro atoms. The molecule has 18 heavy (non-hydrogen) atoms. The Morgan fingerprint density at radius 1 is 1.39 bits per heavy atom. The highest BCUT2D eigenvalue weighted by atomic mass is 79.9. The van der Waals surface area contributed by atoms with Crippen LogP contribution in [0.25, 0.3) is 0 Å². The fraction of sp³-hybridized carbons (Fsp3) is 0.167. The molecule has 2 aromatic rings. The van der Waals surface area contributed by atoms with Gasteiger partial charge in [-0.25, -0.2) is 0 Å². The quantitative estimate of drug-likeness (QED) is 0.669. The summed E-state index contributed by atoms with van der Waals surface area (Å²) in [6, 6.07) is 5.56. The van der Waals surface area contributed by atoms with E-state index in [0.29, 0.717) is 11.4 Å². The van der Waals surface area contributed by atoms with Gasteiger partial charge in [0.05, 0.1) is 16.8 Å². The van der Waals surface area contributed by atoms with Gasteiger partial charge in [0.1, 0.15) is 0 Å². The molecule has 0 fully saturated rings. The number of hydrogen-bond acceptors (Lipinski definition) is 4. The van der Waals surface area contributed by atoms with Crippen molar-refractivity contribution in [3.05, 3.63) is 57.5 Å². The number of nitrogens with one attached hydrogen (secondary N) is 1. The largest absolute Gasteiger partial charge is 0.271 e. The predicted octanol–water partition coefficient (Wildman–Crippen LogP) is 2.64. The average Bonchev–Trinajstić information content (AvgIpc) is 2.39. The third-order valence-corrected chi connectivity index (χ3v) is 3.61. The maximum atomic E-state index is 6.09. The van der Waals surface area contributed by atoms with Crippen LogP contribution in [0.4, 0.5) is 0 Å². The van der Waals surface area contributed by atoms with Gasteiger partial charge < -0.3 is 0 Å². The van der Waals surface area contributed by atoms with Crippen molar-refractivity contribution in [2.24, 2.45) is 5.84 Å². The summed E-state index contributed by atoms with van der Waals surface area (Å²) < 4.78 is 0.915. The highest BCUT2D eigenvalue weighted by Gasteiger charge is 2.16. The molecule has 0 radical (unpaired) electrons. The van der Waals surface area contributed by atoms with E-state index in [-0.39, 0.29) is 6.04 Å². The highest BCUT2D eigenvalue weighted by molar-refractivity contribution is 9.10. The second-order valence-electron chi connectivity index (χ2n) is 3.76. The lowest BCUT2D eigenvalue weighted by atomic mass is 10.0. The van der Waals surface area contributed by atoms with Crippen LogP contribution in [0.5, 0.6) is 0 Å². The molecule has 0 saturated heterocycles. The van der Waals surface area contributed by atoms with Gasteiger partial charge in [-0.1, -0.05) is 11.6 Å². The van der Waals surface area contributed by atoms with E-state index in [9.17, 15) is 0 Å². The maximum Gasteiger partial charge on any atom is 0.0731 e. The Morgan fingerprint density at radius 3 is 2.89 bits per heavy atom. The molecule has 0 aliphatic carbocycles. The summed E-state index contributed by atoms with van der Waals surface area (Å²) in [7, 11) is 0. The molecule has 0 aliphatic rings. The van der Waals surface area contributed by atoms with Gasteiger partial charge in [-0.3, -0.25) is 21.2 Å². The molecular formula is C12H12BrClN4. The molecule has 0 bridgehead atoms. The Balaban J connectivity index is 2.26. The second kappa shape index (κ2) is 6.24. The van der Waals surface area contributed by atoms with Gasteiger partial charge in [0, 0.05) is 23.1 Å². The number of aromatic nitrogens is 2. The van der Waals surface area contributed by atoms with Crippen LogP contribution in [0.3, 0.4) is 0 Å². The summed E-state index contributed by atoms with van der Waals surface area (Å²) in [5, 5.41) is 0.629. The van der Waals surface area contributed by atoms with E-state index < -0.39 is 0 Å². The number of hydrazine groups is 1. The Morgan fingerprint density at radius 2 is 2.22 bits per heavy atom. The minimum atomic E-state index is -0.111. The van der Waals surface area contributed by atoms with Crippen molar-refractivity contribution < 1.29 is 0 Å². The lowest BCUT2D eigenvalue weighted by molar-refractivity contribution is 0.536. The molecule has 0 amide bonds. The van der Waals surface area contributed by atoms with Crippen molar-refractivity contribution in [1.29, 1.82) is 0 Å². The first-order chi connectivity index (χ1) is 8.72. The summed E-state index contributed by atoms with van der Waals surface area (Å²) in [6.45, 7) is 0. The minimum Gasteiger partial charge on any atom is -0.271 e. The highest BCUT2D eigenvalue weighted by Crippen LogP contribution is 2.25. The lowest BCUT2D eigenvalue weighted by Crippen LogP contribution is -2.30. The first kappa shape index (κ1) is 13.4. The van der Waals surface area contributed by atoms with Crippen molar-refractivity contribution in [1.82, 2.24) is 15.4 Å². The van der Waals surface area contributed by atoms with Crippen LogP contribution in [0.2, 0.25) is 5.02 Å². The van der Waals surface area contributed by atoms with E-state index in [0.717, 1.165) is 15.7 Å². The molecule has 6 heteroatoms. The SMILES string of the molecule is NNC(Cc1ccncc1Cl)c1ncccc1Br. The molecule has 1 unspecified atom stereocenters. The average molecular weight is 328 g/mol. The standard InChI is InChI=1S/C12H12BrClN4/c13-9-2-1-4-17-12(9)11(18-15)6-8-3-5-16-7-10(8)14/h1-5,7,11,18H,6,15H2. The van der Waals surface area contributed by atoms with E-state index in [1.165, 1.54) is 0 Å². The number of pyridine rings is 2. The van der Waals surface area contributed by atoms with E-state index in [4.69, 9.17) is 17.4 Å². The third-order valence-electron chi connectivity index (χ3n) is 2.60. The van der Waals surface area contributed by atoms with E-state index in [2.05, 4.69) is 31.3 Å². The first-order valence-electron chi connectivity index (χ1n) is 5.37. The Kier molecular flexibility index (Phi) is 4.66. The fourth-order valence-electron chi connectivity index (χ4n) is 1.68. The number of rotatable bonds is 4. The molecule has 4 nitrogen and oxygen atoms in total. The van der Waals surface area contributed by atoms with Gasteiger partial charge in [0.25, 0.3) is 0 Å². The summed E-state index contributed by atoms with van der Waals surface area (Å²) in [4.78, 5) is 8.29. The van der Waals surface area contributed by atoms with Crippen LogP contribution in [0.15, 0.2) is 41.3 Å². The van der Waals surface area contributed by atoms with E-state index in [1.54, 1.807) is 18.6 Å². The third kappa shape index (κ3) is 3.05. The van der Waals surface area contributed by atoms with Crippen molar-refractivity contribution in [3.63, 3.8) is 0 Å². The molecular weight excluding hydrogens is 316 g/mol. The molecule has 2 aromatic heterocycles. The van der Waals surface area contributed by atoms with Crippen LogP contribution >= 0.6 is 27.5 Å². The Labute approximate surface area is 119 Å². The Hall–Kier alpha value is -1.01. The van der Waals surface area contributed by atoms with Gasteiger partial charge in [-0.2, -0.15) is 0 Å². The van der Waals surface area contributed by atoms with Crippen molar-refractivity contribution in [2.45, 2.75) is 12.5 Å². The smallest absolute Gasteiger partial charge is 0.0731 e. The molecule has 2 heterocycles. The zero-order valence-electron chi connectivity index (χ0n) is 9.48. The summed E-state index contributed by atoms with van der Waals surface area (Å²) >= 11 is 9.56. The molecule has 2 rings (SSSR count). The van der Waals surface area contributed by atoms with Gasteiger partial charge in [0.15, 0.2) is 0 Å². The second-order valence-corrected chi connectivity index (χ2v) is 5.02. The molecule has 0 aliphatic heterocycles. The number of nitrogens with two attached hydrogens (primary N) is 1. The summed E-state index contributed by atoms with van der Waals surface area (Å²) in [5.41, 5.74) is 4.60. The topological polar surface area (TPSA) is 63.8 Å². The minimum absolute atomic E-state index is 0.111. The van der Waals surface area contributed by atoms with E-state index >= 15 is 0 Å². The van der Waals surface area contributed by atoms with Gasteiger partial charge in [-0.05, 0) is 46.1 Å². The number of nitrogens with zero attached hydrogens (tertiary/aromatic N) is 2. The summed E-state index contributed by atoms with van der Waals surface area (Å²) in [6.07, 6.45) is 5.71. The van der Waals surface area contributed by atoms with Crippen molar-refractivity contribution in [2.75, 3.05) is 0 Å². The molecule has 0 aromatic carbocycles. The molecule has 1 atom stereocenters. The zero-order valence-corrected chi connectivity index (χ0v) is 11.8. The van der Waals surface area contributed by atoms with Crippen molar-refractivity contribution in [3.8, 4) is 0 Å². The Bertz CT molecular complexity index is 535. The van der Waals surface area contributed by atoms with Gasteiger partial charge in [-0.15, -0.1) is 0 Å². The zero-order chi connectivity index (χ0) is 13.0. The van der Waals surface area contributed by atoms with Gasteiger partial charge in [0.2, 0.25) is 0 Å². The molecule has 94 valence electrons. The first-order valence-corrected chi connectivity index (χ1v) is 6.54. The summed E-state index contributed by atoms with van der Waals surface area (Å²) in [5.74, 6) is 5.60. The van der Waals surface area contributed by atoms with Crippen LogP contribution in [0.1, 0.15) is 17.3 Å². The number of hydrogen-bond donors (Lipinski definition) is 2. The van der Waals surface area contributed by atoms with Crippen LogP contribution in [-0.4, -0.2) is 9.97 Å². The van der Waals surface area contributed by atoms with Crippen LogP contribution < -0.4 is 11.3 Å². The lowest BCUT2D eigenvalue weighted by Gasteiger charge is -2.17. The van der Waals surface area contributed by atoms with Gasteiger partial charge >= 0.3 is 0 Å². The normalized spacial score (nSPS) is 12.4. The van der Waals surface area contributed by atoms with Crippen LogP contribution in [-0.2, 0) is 6.42 Å². The predicted molar refractivity (Wildman–Crippen MR) is 75.0 cm³/mol. The fourth-order valence-corrected chi connectivity index (χ4v) is 2.41. The maximum absolute atomic E-state index is 6.09. The van der Waals surface area contributed by atoms with E-state index in [1.807, 2.05) is 18.2 Å². The van der Waals surface area contributed by atoms with Crippen LogP contribution in [0, 0.1) is 0 Å².